The van der Waals surface area contributed by atoms with E-state index in [1.54, 1.807) is 186 Å². The minimum Gasteiger partial charge on any atom is -0.155 e. The summed E-state index contributed by atoms with van der Waals surface area (Å²) in [7, 11) is 0. The molecule has 0 radical (unpaired) electrons. The van der Waals surface area contributed by atoms with E-state index >= 15 is 0 Å². The van der Waals surface area contributed by atoms with Crippen LogP contribution in [0.5, 0.6) is 0 Å². The summed E-state index contributed by atoms with van der Waals surface area (Å²) in [6.45, 7) is 40.8. The van der Waals surface area contributed by atoms with Gasteiger partial charge in [-0.05, 0) is 298 Å². The standard InChI is InChI=1S/C12H18.3C10H16.C9H14S.3C3H8.7C2H6/c1-2-8-5-7(1)11-9-3-4-10(6-9)12(8)11;3*1-7-2-9-4-8(1)5-10(3-7)6-9;1-2-6-7(3-1)9-5-4-8(6)10-9;3*1-3-2;7*1-2/h7-12H,1-6H2;3*7-10H,1-6H2;6-9H,1-5H2;3*3H2,1-2H3;7*1-2H3. The van der Waals surface area contributed by atoms with Gasteiger partial charge in [-0.3, -0.25) is 0 Å². The lowest BCUT2D eigenvalue weighted by Crippen LogP contribution is -2.38. The lowest BCUT2D eigenvalue weighted by atomic mass is 9.56. The van der Waals surface area contributed by atoms with Crippen LogP contribution < -0.4 is 0 Å². The molecular formula is C74H146S. The molecule has 17 aliphatic carbocycles. The van der Waals surface area contributed by atoms with Gasteiger partial charge in [-0.25, -0.2) is 0 Å². The van der Waals surface area contributed by atoms with Crippen molar-refractivity contribution in [2.75, 3.05) is 0 Å². The fraction of sp³-hybridized carbons (Fsp3) is 1.00. The normalized spacial score (nSPS) is 42.6. The van der Waals surface area contributed by atoms with E-state index in [4.69, 9.17) is 0 Å². The maximum Gasteiger partial charge on any atom is 0.00816 e. The molecule has 17 saturated carbocycles. The number of hydrogen-bond acceptors (Lipinski definition) is 1. The van der Waals surface area contributed by atoms with E-state index in [2.05, 4.69) is 53.3 Å². The van der Waals surface area contributed by atoms with E-state index in [-0.39, 0.29) is 0 Å². The highest BCUT2D eigenvalue weighted by Crippen LogP contribution is 2.67. The Morgan fingerprint density at radius 2 is 0.387 bits per heavy atom. The third-order valence-electron chi connectivity index (χ3n) is 21.3. The number of thioether (sulfide) groups is 1. The molecule has 19 aliphatic rings. The van der Waals surface area contributed by atoms with Crippen molar-refractivity contribution >= 4 is 11.8 Å². The lowest BCUT2D eigenvalue weighted by Gasteiger charge is -2.49. The molecule has 2 aliphatic heterocycles. The van der Waals surface area contributed by atoms with Crippen molar-refractivity contribution in [1.82, 2.24) is 0 Å². The van der Waals surface area contributed by atoms with Gasteiger partial charge in [-0.2, -0.15) is 11.8 Å². The molecule has 0 spiro atoms. The van der Waals surface area contributed by atoms with Crippen LogP contribution in [0.3, 0.4) is 0 Å². The van der Waals surface area contributed by atoms with Crippen LogP contribution in [0, 0.1) is 118 Å². The molecule has 1 heteroatoms. The molecule has 18 bridgehead atoms. The van der Waals surface area contributed by atoms with Crippen molar-refractivity contribution in [3.8, 4) is 0 Å². The van der Waals surface area contributed by atoms with E-state index in [1.807, 2.05) is 96.9 Å². The summed E-state index contributed by atoms with van der Waals surface area (Å²) in [6.07, 6.45) is 50.1. The van der Waals surface area contributed by atoms with Gasteiger partial charge in [0.15, 0.2) is 0 Å². The van der Waals surface area contributed by atoms with Crippen LogP contribution in [0.1, 0.15) is 344 Å². The molecular weight excluding hydrogens is 921 g/mol. The van der Waals surface area contributed by atoms with Gasteiger partial charge in [0, 0.05) is 10.5 Å². The van der Waals surface area contributed by atoms with E-state index < -0.39 is 0 Å². The van der Waals surface area contributed by atoms with Crippen LogP contribution in [0.25, 0.3) is 0 Å². The van der Waals surface area contributed by atoms with E-state index in [0.717, 1.165) is 10.5 Å². The van der Waals surface area contributed by atoms with Crippen molar-refractivity contribution in [1.29, 1.82) is 0 Å². The lowest BCUT2D eigenvalue weighted by molar-refractivity contribution is 0.0197. The summed E-state index contributed by atoms with van der Waals surface area (Å²) in [5.74, 6) is 23.8. The van der Waals surface area contributed by atoms with Gasteiger partial charge in [0.1, 0.15) is 0 Å². The van der Waals surface area contributed by atoms with Crippen LogP contribution >= 0.6 is 11.8 Å². The predicted octanol–water partition coefficient (Wildman–Crippen LogP) is 25.7. The number of fused-ring (bicyclic) bond motifs is 14. The zero-order chi connectivity index (χ0) is 56.0. The zero-order valence-electron chi connectivity index (χ0n) is 55.7. The molecule has 8 unspecified atom stereocenters. The second-order valence-electron chi connectivity index (χ2n) is 26.6. The van der Waals surface area contributed by atoms with Crippen molar-refractivity contribution in [3.63, 3.8) is 0 Å². The average Bonchev–Trinajstić information content (AvgIpc) is 4.32. The molecule has 2 heterocycles. The van der Waals surface area contributed by atoms with Gasteiger partial charge >= 0.3 is 0 Å². The first-order chi connectivity index (χ1) is 36.8. The first-order valence-electron chi connectivity index (χ1n) is 36.5. The molecule has 19 rings (SSSR count). The topological polar surface area (TPSA) is 0 Å². The monoisotopic (exact) mass is 1070 g/mol. The van der Waals surface area contributed by atoms with Gasteiger partial charge < -0.3 is 0 Å². The Hall–Kier alpha value is 0.350. The predicted molar refractivity (Wildman–Crippen MR) is 346 cm³/mol. The van der Waals surface area contributed by atoms with Gasteiger partial charge in [-0.1, -0.05) is 164 Å². The Kier molecular flexibility index (Phi) is 38.6. The van der Waals surface area contributed by atoms with Gasteiger partial charge in [0.05, 0.1) is 0 Å². The van der Waals surface area contributed by atoms with Crippen LogP contribution in [-0.4, -0.2) is 10.5 Å². The summed E-state index contributed by atoms with van der Waals surface area (Å²) >= 11 is 2.32. The third-order valence-corrected chi connectivity index (χ3v) is 23.2. The summed E-state index contributed by atoms with van der Waals surface area (Å²) in [4.78, 5) is 0. The number of hydrogen-bond donors (Lipinski definition) is 0. The van der Waals surface area contributed by atoms with Crippen LogP contribution in [0.2, 0.25) is 0 Å². The van der Waals surface area contributed by atoms with Crippen LogP contribution in [0.4, 0.5) is 0 Å². The summed E-state index contributed by atoms with van der Waals surface area (Å²) in [5.41, 5.74) is 0. The Labute approximate surface area is 481 Å². The Morgan fingerprint density at radius 1 is 0.227 bits per heavy atom. The zero-order valence-corrected chi connectivity index (χ0v) is 56.6. The smallest absolute Gasteiger partial charge is 0.00816 e. The minimum atomic E-state index is 1.11. The molecule has 448 valence electrons. The van der Waals surface area contributed by atoms with Crippen molar-refractivity contribution in [2.45, 2.75) is 354 Å². The Morgan fingerprint density at radius 3 is 0.547 bits per heavy atom. The molecule has 0 N–H and O–H groups in total. The largest absolute Gasteiger partial charge is 0.155 e. The highest BCUT2D eigenvalue weighted by Gasteiger charge is 2.59. The van der Waals surface area contributed by atoms with Crippen molar-refractivity contribution in [2.24, 2.45) is 118 Å². The first-order valence-corrected chi connectivity index (χ1v) is 37.4. The highest BCUT2D eigenvalue weighted by atomic mass is 32.2. The van der Waals surface area contributed by atoms with E-state index in [9.17, 15) is 0 Å². The Balaban J connectivity index is 0.000000293. The van der Waals surface area contributed by atoms with E-state index in [1.165, 1.54) is 138 Å². The molecule has 19 fully saturated rings. The summed E-state index contributed by atoms with van der Waals surface area (Å²) in [6, 6.07) is 0. The second-order valence-corrected chi connectivity index (χ2v) is 28.1. The van der Waals surface area contributed by atoms with Gasteiger partial charge in [0.25, 0.3) is 0 Å². The molecule has 0 aromatic rings. The minimum absolute atomic E-state index is 1.11. The molecule has 75 heavy (non-hydrogen) atoms. The van der Waals surface area contributed by atoms with Crippen molar-refractivity contribution in [3.05, 3.63) is 0 Å². The SMILES string of the molecule is C1C2CC3CC1CC(C2)C3.C1C2CC3CC1CC(C2)C3.C1C2CC3CC1CC(C2)C3.C1CC2C3CCC(S3)C2C1.C1CC2CC1C1C3CCC(C3)C21.CC.CC.CC.CC.CC.CC.CC.CCC.CCC.CCC. The number of rotatable bonds is 0. The Bertz CT molecular complexity index is 994. The highest BCUT2D eigenvalue weighted by molar-refractivity contribution is 8.01. The summed E-state index contributed by atoms with van der Waals surface area (Å²) in [5, 5.41) is 2.22. The molecule has 0 aromatic heterocycles. The summed E-state index contributed by atoms with van der Waals surface area (Å²) < 4.78 is 0. The molecule has 0 amide bonds. The maximum absolute atomic E-state index is 2.32. The third kappa shape index (κ3) is 20.6. The van der Waals surface area contributed by atoms with Crippen LogP contribution in [-0.2, 0) is 0 Å². The van der Waals surface area contributed by atoms with Gasteiger partial charge in [-0.15, -0.1) is 0 Å². The fourth-order valence-electron chi connectivity index (χ4n) is 20.7. The van der Waals surface area contributed by atoms with Gasteiger partial charge in [0.2, 0.25) is 0 Å². The molecule has 8 atom stereocenters. The van der Waals surface area contributed by atoms with Crippen LogP contribution in [0.15, 0.2) is 0 Å². The average molecular weight is 1070 g/mol. The second kappa shape index (κ2) is 40.5. The molecule has 0 nitrogen and oxygen atoms in total. The molecule has 0 aromatic carbocycles. The first kappa shape index (κ1) is 71.5. The van der Waals surface area contributed by atoms with Crippen molar-refractivity contribution < 1.29 is 0 Å². The quantitative estimate of drug-likeness (QED) is 0.218. The maximum atomic E-state index is 2.32. The fourth-order valence-corrected chi connectivity index (χ4v) is 22.8. The molecule has 2 saturated heterocycles. The van der Waals surface area contributed by atoms with E-state index in [0.29, 0.717) is 0 Å².